The van der Waals surface area contributed by atoms with E-state index in [1.165, 1.54) is 0 Å². The minimum Gasteiger partial charge on any atom is -0.385 e. The summed E-state index contributed by atoms with van der Waals surface area (Å²) in [5, 5.41) is 3.66. The number of phosphoric ester groups is 1. The molecule has 0 aromatic heterocycles. The fourth-order valence-corrected chi connectivity index (χ4v) is 25.8. The molecule has 6 unspecified atom stereocenters. The first-order valence-corrected chi connectivity index (χ1v) is 43.3. The van der Waals surface area contributed by atoms with E-state index in [4.69, 9.17) is 42.0 Å². The van der Waals surface area contributed by atoms with Gasteiger partial charge in [0.15, 0.2) is 34.7 Å². The van der Waals surface area contributed by atoms with Crippen LogP contribution in [0, 0.1) is 35.5 Å². The number of hydrogen-bond donors (Lipinski definition) is 0. The van der Waals surface area contributed by atoms with Crippen LogP contribution in [-0.4, -0.2) is 258 Å². The molecule has 18 aliphatic heterocycles. The van der Waals surface area contributed by atoms with Gasteiger partial charge in [0, 0.05) is 150 Å². The van der Waals surface area contributed by atoms with Gasteiger partial charge in [-0.2, -0.15) is 4.57 Å². The second-order valence-electron chi connectivity index (χ2n) is 35.5. The molecule has 0 aliphatic carbocycles. The molecule has 602 valence electrons. The summed E-state index contributed by atoms with van der Waals surface area (Å²) in [6, 6.07) is 29.7. The second-order valence-corrected chi connectivity index (χ2v) is 37.0. The van der Waals surface area contributed by atoms with E-state index >= 15 is 33.3 Å². The first-order chi connectivity index (χ1) is 54.8. The largest absolute Gasteiger partial charge is 0.647 e. The Bertz CT molecular complexity index is 4330. The lowest BCUT2D eigenvalue weighted by molar-refractivity contribution is -0.154. The number of carbonyl (C=O) groups excluding carboxylic acids is 6. The number of ether oxygens (including phenoxy) is 6. The van der Waals surface area contributed by atoms with Gasteiger partial charge in [-0.15, -0.1) is 0 Å². The molecule has 18 heterocycles. The van der Waals surface area contributed by atoms with E-state index in [0.29, 0.717) is 183 Å². The molecule has 18 fully saturated rings. The maximum absolute atomic E-state index is 19.4. The molecule has 22 nitrogen and oxygen atoms in total. The number of rotatable bonds is 30. The summed E-state index contributed by atoms with van der Waals surface area (Å²) in [4.78, 5) is 108. The summed E-state index contributed by atoms with van der Waals surface area (Å²) in [5.74, 6) is -0.624. The highest BCUT2D eigenvalue weighted by Crippen LogP contribution is 2.60. The van der Waals surface area contributed by atoms with Gasteiger partial charge in [-0.05, 0) is 188 Å². The van der Waals surface area contributed by atoms with Gasteiger partial charge in [0.1, 0.15) is 50.5 Å². The van der Waals surface area contributed by atoms with Crippen LogP contribution in [0.5, 0.6) is 17.2 Å². The Kier molecular flexibility index (Phi) is 20.8. The monoisotopic (exact) mass is 1560 g/mol. The molecule has 0 spiro atoms. The summed E-state index contributed by atoms with van der Waals surface area (Å²) in [5.41, 5.74) is -3.60. The van der Waals surface area contributed by atoms with E-state index in [2.05, 4.69) is 47.6 Å². The van der Waals surface area contributed by atoms with Crippen LogP contribution in [0.1, 0.15) is 110 Å². The molecule has 23 heteroatoms. The van der Waals surface area contributed by atoms with Gasteiger partial charge in [0.05, 0.1) is 39.6 Å². The van der Waals surface area contributed by atoms with Gasteiger partial charge in [0.2, 0.25) is 0 Å². The molecule has 18 aliphatic rings. The third kappa shape index (κ3) is 12.5. The van der Waals surface area contributed by atoms with E-state index in [1.54, 1.807) is 42.7 Å². The van der Waals surface area contributed by atoms with Crippen LogP contribution in [0.2, 0.25) is 0 Å². The molecular weight excluding hydrogens is 1450 g/mol. The van der Waals surface area contributed by atoms with Crippen molar-refractivity contribution in [3.05, 3.63) is 124 Å². The molecule has 6 aromatic rings. The SMILES string of the molecule is COCC1(Cc2cc3ccccc3c(OP(=O)(Oc3c(CC4(COC)C(=O)C5CCN4CC5)c(CC4(COC)C(=O)C5CCN4CC5)cc4ccccc34)Oc3c(CC4(COC)C(=O)C5CCN4CC5)c(CC4(COC)C(=O)C5CCN4CC5)cc4ccccc34)c2CC2(COC)C(=O)C3CCN2CC3)C(=O)C2CCN1CC2. The number of phosphoric acid groups is 1. The highest BCUT2D eigenvalue weighted by molar-refractivity contribution is 7.49. The zero-order valence-electron chi connectivity index (χ0n) is 66.7. The zero-order chi connectivity index (χ0) is 78.0. The fraction of sp³-hybridized carbons (Fsp3) is 0.600. The van der Waals surface area contributed by atoms with E-state index < -0.39 is 41.1 Å². The third-order valence-corrected chi connectivity index (χ3v) is 31.2. The number of hydrogen-bond acceptors (Lipinski definition) is 22. The number of ketones is 6. The van der Waals surface area contributed by atoms with Crippen molar-refractivity contribution in [1.29, 1.82) is 0 Å². The Balaban J connectivity index is 0.932. The summed E-state index contributed by atoms with van der Waals surface area (Å²) in [6.07, 6.45) is 8.93. The first kappa shape index (κ1) is 77.5. The Morgan fingerprint density at radius 1 is 0.292 bits per heavy atom. The molecule has 0 N–H and O–H groups in total. The van der Waals surface area contributed by atoms with Gasteiger partial charge in [-0.3, -0.25) is 58.2 Å². The molecule has 24 rings (SSSR count). The van der Waals surface area contributed by atoms with Crippen molar-refractivity contribution in [1.82, 2.24) is 29.4 Å². The molecule has 6 aromatic carbocycles. The van der Waals surface area contributed by atoms with Crippen LogP contribution < -0.4 is 13.6 Å². The van der Waals surface area contributed by atoms with E-state index in [9.17, 15) is 0 Å². The number of methoxy groups -OCH3 is 6. The molecule has 12 bridgehead atoms. The molecule has 113 heavy (non-hydrogen) atoms. The minimum atomic E-state index is -5.68. The van der Waals surface area contributed by atoms with Crippen LogP contribution in [0.4, 0.5) is 0 Å². The first-order valence-electron chi connectivity index (χ1n) is 41.8. The Morgan fingerprint density at radius 3 is 0.664 bits per heavy atom. The van der Waals surface area contributed by atoms with Crippen LogP contribution in [0.25, 0.3) is 32.3 Å². The van der Waals surface area contributed by atoms with Crippen molar-refractivity contribution >= 4 is 74.8 Å². The highest BCUT2D eigenvalue weighted by Gasteiger charge is 2.62. The van der Waals surface area contributed by atoms with Gasteiger partial charge >= 0.3 is 7.82 Å². The van der Waals surface area contributed by atoms with Crippen LogP contribution >= 0.6 is 7.82 Å². The lowest BCUT2D eigenvalue weighted by Gasteiger charge is -2.54. The van der Waals surface area contributed by atoms with Gasteiger partial charge in [0.25, 0.3) is 0 Å². The van der Waals surface area contributed by atoms with Crippen molar-refractivity contribution < 1.29 is 75.3 Å². The molecular formula is C90H111N6O16P. The van der Waals surface area contributed by atoms with Crippen molar-refractivity contribution in [2.45, 2.75) is 149 Å². The highest BCUT2D eigenvalue weighted by atomic mass is 31.2. The summed E-state index contributed by atoms with van der Waals surface area (Å²) in [7, 11) is 4.13. The van der Waals surface area contributed by atoms with E-state index in [-0.39, 0.29) is 166 Å². The second kappa shape index (κ2) is 30.3. The summed E-state index contributed by atoms with van der Waals surface area (Å²) < 4.78 is 81.2. The predicted octanol–water partition coefficient (Wildman–Crippen LogP) is 10.1. The molecule has 6 atom stereocenters. The topological polar surface area (TPSA) is 222 Å². The average Bonchev–Trinajstić information content (AvgIpc) is 0.728. The lowest BCUT2D eigenvalue weighted by atomic mass is 9.68. The van der Waals surface area contributed by atoms with Crippen LogP contribution in [0.15, 0.2) is 91.0 Å². The average molecular weight is 1560 g/mol. The number of carbonyl (C=O) groups is 6. The van der Waals surface area contributed by atoms with Gasteiger partial charge in [-0.25, -0.2) is 0 Å². The molecule has 0 saturated carbocycles. The van der Waals surface area contributed by atoms with Crippen molar-refractivity contribution in [3.8, 4) is 17.2 Å². The summed E-state index contributed by atoms with van der Waals surface area (Å²) in [6.45, 7) is 8.20. The normalized spacial score (nSPS) is 35.4. The number of piperidine rings is 18. The molecule has 18 saturated heterocycles. The maximum Gasteiger partial charge on any atom is 0.647 e. The third-order valence-electron chi connectivity index (χ3n) is 29.9. The minimum absolute atomic E-state index is 0.0111. The van der Waals surface area contributed by atoms with Gasteiger partial charge < -0.3 is 42.0 Å². The van der Waals surface area contributed by atoms with E-state index in [0.717, 1.165) is 38.5 Å². The number of Topliss-reactive ketones (excluding diaryl/α,β-unsaturated/α-hetero) is 6. The van der Waals surface area contributed by atoms with Crippen molar-refractivity contribution in [2.75, 3.05) is 161 Å². The van der Waals surface area contributed by atoms with Crippen LogP contribution in [0.3, 0.4) is 0 Å². The zero-order valence-corrected chi connectivity index (χ0v) is 67.6. The Labute approximate surface area is 663 Å². The van der Waals surface area contributed by atoms with Crippen molar-refractivity contribution in [3.63, 3.8) is 0 Å². The Hall–Kier alpha value is -6.73. The molecule has 0 radical (unpaired) electrons. The quantitative estimate of drug-likeness (QED) is 0.0383. The predicted molar refractivity (Wildman–Crippen MR) is 427 cm³/mol. The van der Waals surface area contributed by atoms with Gasteiger partial charge in [-0.1, -0.05) is 91.0 Å². The maximum atomic E-state index is 19.4. The molecule has 0 amide bonds. The fourth-order valence-electron chi connectivity index (χ4n) is 24.4. The lowest BCUT2D eigenvalue weighted by Crippen LogP contribution is -2.69. The van der Waals surface area contributed by atoms with E-state index in [1.807, 2.05) is 72.8 Å². The summed E-state index contributed by atoms with van der Waals surface area (Å²) >= 11 is 0. The Morgan fingerprint density at radius 2 is 0.478 bits per heavy atom. The number of benzene rings is 6. The number of fused-ring (bicyclic) bond motifs is 21. The van der Waals surface area contributed by atoms with Crippen molar-refractivity contribution in [2.24, 2.45) is 35.5 Å². The smallest absolute Gasteiger partial charge is 0.385 e. The number of nitrogens with zero attached hydrogens (tertiary/aromatic N) is 6. The standard InChI is InChI=1S/C90H111N6O16P/c1-104-52-85(79(97)58-19-31-91(85)32-20-58)46-67-43-64-13-7-10-16-70(64)76(73(67)49-88(55-107-4)82(100)61-25-37-94(88)38-26-61)110-113(103,111-77-71-17-11-8-14-65(71)44-68(47-86(53-105-2)80(98)59-21-33-92(86)34-22-59)74(77)50-89(56-108-5)83(101)62-27-39-95(89)40-28-62)112-78-72-18-12-9-15-66(72)45-69(48-87(54-106-3)81(99)60-23-35-93(87)36-24-60)75(78)51-90(57-109-6)84(102)63-29-41-96(90)42-30-63/h7-18,43-45,58-63H,19-42,46-57H2,1-6H3. The van der Waals surface area contributed by atoms with Crippen LogP contribution in [-0.2, 0) is 100 Å².